The summed E-state index contributed by atoms with van der Waals surface area (Å²) in [7, 11) is 0. The molecule has 1 atom stereocenters. The van der Waals surface area contributed by atoms with Gasteiger partial charge in [-0.3, -0.25) is 9.80 Å². The Bertz CT molecular complexity index is 619. The number of piperazine rings is 1. The fourth-order valence-corrected chi connectivity index (χ4v) is 3.08. The molecule has 1 aliphatic heterocycles. The van der Waals surface area contributed by atoms with Crippen molar-refractivity contribution in [1.29, 1.82) is 0 Å². The van der Waals surface area contributed by atoms with Gasteiger partial charge in [-0.05, 0) is 11.1 Å². The average Bonchev–Trinajstić information content (AvgIpc) is 2.65. The molecule has 1 saturated heterocycles. The first kappa shape index (κ1) is 16.9. The number of nitrogens with zero attached hydrogens (tertiary/aromatic N) is 2. The van der Waals surface area contributed by atoms with Gasteiger partial charge in [0.15, 0.2) is 0 Å². The van der Waals surface area contributed by atoms with E-state index in [1.165, 1.54) is 5.56 Å². The van der Waals surface area contributed by atoms with Crippen molar-refractivity contribution >= 4 is 6.08 Å². The van der Waals surface area contributed by atoms with Crippen LogP contribution in [0.2, 0.25) is 0 Å². The van der Waals surface area contributed by atoms with Gasteiger partial charge in [0.1, 0.15) is 0 Å². The van der Waals surface area contributed by atoms with E-state index in [-0.39, 0.29) is 0 Å². The number of aliphatic hydroxyl groups excluding tert-OH is 1. The van der Waals surface area contributed by atoms with Crippen LogP contribution >= 0.6 is 0 Å². The van der Waals surface area contributed by atoms with Crippen LogP contribution < -0.4 is 0 Å². The molecule has 24 heavy (non-hydrogen) atoms. The number of aliphatic hydroxyl groups is 1. The van der Waals surface area contributed by atoms with Gasteiger partial charge in [-0.1, -0.05) is 72.8 Å². The third kappa shape index (κ3) is 5.03. The maximum absolute atomic E-state index is 10.3. The van der Waals surface area contributed by atoms with Crippen molar-refractivity contribution in [3.8, 4) is 0 Å². The minimum atomic E-state index is -0.393. The third-order valence-corrected chi connectivity index (χ3v) is 4.55. The highest BCUT2D eigenvalue weighted by molar-refractivity contribution is 5.48. The van der Waals surface area contributed by atoms with E-state index in [0.29, 0.717) is 0 Å². The van der Waals surface area contributed by atoms with Crippen molar-refractivity contribution in [3.05, 3.63) is 77.9 Å². The summed E-state index contributed by atoms with van der Waals surface area (Å²) in [6.07, 6.45) is 4.03. The SMILES string of the molecule is O[C@H](CN1CCN(C/C=C/c2ccccc2)CC1)c1ccccc1. The van der Waals surface area contributed by atoms with Crippen molar-refractivity contribution in [1.82, 2.24) is 9.80 Å². The van der Waals surface area contributed by atoms with Crippen LogP contribution in [0.15, 0.2) is 66.7 Å². The van der Waals surface area contributed by atoms with E-state index >= 15 is 0 Å². The molecule has 0 aliphatic carbocycles. The zero-order valence-corrected chi connectivity index (χ0v) is 14.1. The largest absolute Gasteiger partial charge is 0.387 e. The quantitative estimate of drug-likeness (QED) is 0.885. The van der Waals surface area contributed by atoms with Gasteiger partial charge in [-0.15, -0.1) is 0 Å². The summed E-state index contributed by atoms with van der Waals surface area (Å²) in [6, 6.07) is 20.4. The molecule has 1 heterocycles. The fourth-order valence-electron chi connectivity index (χ4n) is 3.08. The Labute approximate surface area is 144 Å². The summed E-state index contributed by atoms with van der Waals surface area (Å²) in [5, 5.41) is 10.3. The molecule has 0 spiro atoms. The Kier molecular flexibility index (Phi) is 6.19. The molecule has 0 aromatic heterocycles. The molecule has 1 N–H and O–H groups in total. The van der Waals surface area contributed by atoms with Crippen LogP contribution in [0.5, 0.6) is 0 Å². The van der Waals surface area contributed by atoms with Crippen LogP contribution in [0.4, 0.5) is 0 Å². The van der Waals surface area contributed by atoms with Crippen LogP contribution in [-0.4, -0.2) is 54.2 Å². The highest BCUT2D eigenvalue weighted by Gasteiger charge is 2.19. The normalized spacial score (nSPS) is 18.0. The smallest absolute Gasteiger partial charge is 0.0916 e. The minimum Gasteiger partial charge on any atom is -0.387 e. The lowest BCUT2D eigenvalue weighted by atomic mass is 10.1. The van der Waals surface area contributed by atoms with Crippen molar-refractivity contribution in [2.45, 2.75) is 6.10 Å². The van der Waals surface area contributed by atoms with E-state index in [0.717, 1.165) is 44.8 Å². The van der Waals surface area contributed by atoms with Crippen LogP contribution in [0.3, 0.4) is 0 Å². The summed E-state index contributed by atoms with van der Waals surface area (Å²) < 4.78 is 0. The molecule has 126 valence electrons. The predicted octanol–water partition coefficient (Wildman–Crippen LogP) is 3.05. The predicted molar refractivity (Wildman–Crippen MR) is 99.8 cm³/mol. The van der Waals surface area contributed by atoms with E-state index in [1.54, 1.807) is 0 Å². The van der Waals surface area contributed by atoms with Crippen LogP contribution in [-0.2, 0) is 0 Å². The molecule has 3 nitrogen and oxygen atoms in total. The summed E-state index contributed by atoms with van der Waals surface area (Å²) >= 11 is 0. The van der Waals surface area contributed by atoms with Gasteiger partial charge in [-0.25, -0.2) is 0 Å². The molecule has 0 saturated carbocycles. The highest BCUT2D eigenvalue weighted by atomic mass is 16.3. The second-order valence-electron chi connectivity index (χ2n) is 6.34. The maximum Gasteiger partial charge on any atom is 0.0916 e. The van der Waals surface area contributed by atoms with Crippen LogP contribution in [0.25, 0.3) is 6.08 Å². The van der Waals surface area contributed by atoms with E-state index in [4.69, 9.17) is 0 Å². The van der Waals surface area contributed by atoms with Crippen LogP contribution in [0, 0.1) is 0 Å². The van der Waals surface area contributed by atoms with Crippen molar-refractivity contribution < 1.29 is 5.11 Å². The zero-order chi connectivity index (χ0) is 16.6. The Morgan fingerprint density at radius 3 is 2.08 bits per heavy atom. The number of benzene rings is 2. The molecule has 1 fully saturated rings. The Morgan fingerprint density at radius 2 is 1.42 bits per heavy atom. The molecule has 0 amide bonds. The highest BCUT2D eigenvalue weighted by Crippen LogP contribution is 2.15. The standard InChI is InChI=1S/C21H26N2O/c24-21(20-11-5-2-6-12-20)18-23-16-14-22(15-17-23)13-7-10-19-8-3-1-4-9-19/h1-12,21,24H,13-18H2/b10-7+/t21-/m1/s1. The van der Waals surface area contributed by atoms with Crippen LogP contribution in [0.1, 0.15) is 17.2 Å². The van der Waals surface area contributed by atoms with Gasteiger partial charge in [0.2, 0.25) is 0 Å². The first-order valence-electron chi connectivity index (χ1n) is 8.70. The third-order valence-electron chi connectivity index (χ3n) is 4.55. The fraction of sp³-hybridized carbons (Fsp3) is 0.333. The second-order valence-corrected chi connectivity index (χ2v) is 6.34. The molecule has 2 aromatic carbocycles. The Balaban J connectivity index is 1.40. The maximum atomic E-state index is 10.3. The molecule has 0 unspecified atom stereocenters. The number of β-amino-alcohol motifs (C(OH)–C–C–N with tert-alkyl or cyclic N) is 1. The first-order valence-corrected chi connectivity index (χ1v) is 8.70. The minimum absolute atomic E-state index is 0.393. The molecule has 3 rings (SSSR count). The van der Waals surface area contributed by atoms with Gasteiger partial charge in [0.25, 0.3) is 0 Å². The second kappa shape index (κ2) is 8.78. The molecule has 1 aliphatic rings. The molecular formula is C21H26N2O. The van der Waals surface area contributed by atoms with Gasteiger partial charge in [0.05, 0.1) is 6.10 Å². The summed E-state index contributed by atoms with van der Waals surface area (Å²) in [5.74, 6) is 0. The van der Waals surface area contributed by atoms with Gasteiger partial charge < -0.3 is 5.11 Å². The molecule has 0 radical (unpaired) electrons. The lowest BCUT2D eigenvalue weighted by Crippen LogP contribution is -2.47. The zero-order valence-electron chi connectivity index (χ0n) is 14.1. The Morgan fingerprint density at radius 1 is 0.833 bits per heavy atom. The van der Waals surface area contributed by atoms with E-state index in [9.17, 15) is 5.11 Å². The number of hydrogen-bond donors (Lipinski definition) is 1. The van der Waals surface area contributed by atoms with E-state index in [2.05, 4.69) is 46.2 Å². The van der Waals surface area contributed by atoms with E-state index in [1.807, 2.05) is 36.4 Å². The molecular weight excluding hydrogens is 296 g/mol. The monoisotopic (exact) mass is 322 g/mol. The average molecular weight is 322 g/mol. The van der Waals surface area contributed by atoms with Crippen molar-refractivity contribution in [3.63, 3.8) is 0 Å². The lowest BCUT2D eigenvalue weighted by Gasteiger charge is -2.35. The summed E-state index contributed by atoms with van der Waals surface area (Å²) in [5.41, 5.74) is 2.26. The molecule has 2 aromatic rings. The van der Waals surface area contributed by atoms with Crippen molar-refractivity contribution in [2.75, 3.05) is 39.3 Å². The van der Waals surface area contributed by atoms with Crippen molar-refractivity contribution in [2.24, 2.45) is 0 Å². The van der Waals surface area contributed by atoms with Gasteiger partial charge >= 0.3 is 0 Å². The topological polar surface area (TPSA) is 26.7 Å². The first-order chi connectivity index (χ1) is 11.8. The van der Waals surface area contributed by atoms with Gasteiger partial charge in [-0.2, -0.15) is 0 Å². The van der Waals surface area contributed by atoms with Gasteiger partial charge in [0, 0.05) is 39.3 Å². The summed E-state index contributed by atoms with van der Waals surface area (Å²) in [4.78, 5) is 4.82. The molecule has 0 bridgehead atoms. The number of rotatable bonds is 6. The number of hydrogen-bond acceptors (Lipinski definition) is 3. The molecule has 3 heteroatoms. The Hall–Kier alpha value is -1.94. The van der Waals surface area contributed by atoms with E-state index < -0.39 is 6.10 Å². The summed E-state index contributed by atoms with van der Waals surface area (Å²) in [6.45, 7) is 5.86. The lowest BCUT2D eigenvalue weighted by molar-refractivity contribution is 0.0764.